The molecule has 0 radical (unpaired) electrons. The quantitative estimate of drug-likeness (QED) is 0.776. The van der Waals surface area contributed by atoms with E-state index in [1.54, 1.807) is 5.56 Å². The largest absolute Gasteiger partial charge is 0.381 e. The number of piperidine rings is 1. The van der Waals surface area contributed by atoms with E-state index < -0.39 is 0 Å². The molecule has 3 heteroatoms. The van der Waals surface area contributed by atoms with Crippen LogP contribution in [0.2, 0.25) is 0 Å². The van der Waals surface area contributed by atoms with Crippen molar-refractivity contribution in [3.05, 3.63) is 34.9 Å². The summed E-state index contributed by atoms with van der Waals surface area (Å²) in [7, 11) is 1.90. The monoisotopic (exact) mass is 350 g/mol. The molecule has 3 nitrogen and oxygen atoms in total. The van der Waals surface area contributed by atoms with Gasteiger partial charge in [0.2, 0.25) is 0 Å². The summed E-state index contributed by atoms with van der Waals surface area (Å²) in [5.41, 5.74) is 5.96. The van der Waals surface area contributed by atoms with E-state index in [0.29, 0.717) is 11.5 Å². The number of ether oxygens (including phenoxy) is 1. The van der Waals surface area contributed by atoms with Gasteiger partial charge in [-0.1, -0.05) is 6.42 Å². The molecule has 0 amide bonds. The Balaban J connectivity index is 1.51. The molecule has 3 aliphatic rings. The first-order chi connectivity index (χ1) is 12.7. The Hall–Kier alpha value is -1.61. The molecular formula is C23H30N2O. The van der Waals surface area contributed by atoms with Gasteiger partial charge in [0.25, 0.3) is 0 Å². The lowest BCUT2D eigenvalue weighted by atomic mass is 9.76. The molecule has 2 aromatic rings. The summed E-state index contributed by atoms with van der Waals surface area (Å²) in [6.07, 6.45) is 10.6. The molecule has 1 saturated heterocycles. The topological polar surface area (TPSA) is 25.4 Å². The van der Waals surface area contributed by atoms with Crippen LogP contribution in [-0.4, -0.2) is 31.3 Å². The minimum Gasteiger partial charge on any atom is -0.381 e. The Kier molecular flexibility index (Phi) is 3.97. The second kappa shape index (κ2) is 6.23. The van der Waals surface area contributed by atoms with Gasteiger partial charge in [0.05, 0.1) is 11.6 Å². The Labute approximate surface area is 156 Å². The highest BCUT2D eigenvalue weighted by Crippen LogP contribution is 2.47. The Bertz CT molecular complexity index is 846. The molecular weight excluding hydrogens is 320 g/mol. The Morgan fingerprint density at radius 3 is 2.73 bits per heavy atom. The van der Waals surface area contributed by atoms with Crippen LogP contribution in [0, 0.1) is 12.3 Å². The number of methoxy groups -OCH3 is 1. The van der Waals surface area contributed by atoms with Gasteiger partial charge in [-0.05, 0) is 86.8 Å². The van der Waals surface area contributed by atoms with Crippen molar-refractivity contribution >= 4 is 16.7 Å². The van der Waals surface area contributed by atoms with E-state index in [-0.39, 0.29) is 0 Å². The third-order valence-electron chi connectivity index (χ3n) is 7.26. The number of anilines is 1. The third kappa shape index (κ3) is 2.55. The molecule has 138 valence electrons. The lowest BCUT2D eigenvalue weighted by Gasteiger charge is -2.44. The van der Waals surface area contributed by atoms with Gasteiger partial charge in [0, 0.05) is 31.0 Å². The summed E-state index contributed by atoms with van der Waals surface area (Å²) in [6, 6.07) is 7.08. The standard InChI is InChI=1S/C23H30N2O/c1-16-12-22(24-20-14-18-7-3-6-17(18)13-19(16)20)25-11-5-10-23(15-25)9-4-8-21(23)26-2/h12-14,21H,3-11,15H2,1-2H3/t21-,23-/m1/s1. The average Bonchev–Trinajstić information content (AvgIpc) is 3.26. The molecule has 2 fully saturated rings. The van der Waals surface area contributed by atoms with Gasteiger partial charge in [-0.25, -0.2) is 4.98 Å². The van der Waals surface area contributed by atoms with Crippen molar-refractivity contribution in [3.8, 4) is 0 Å². The molecule has 1 aliphatic heterocycles. The van der Waals surface area contributed by atoms with Gasteiger partial charge < -0.3 is 9.64 Å². The van der Waals surface area contributed by atoms with E-state index in [1.807, 2.05) is 7.11 Å². The van der Waals surface area contributed by atoms with Crippen LogP contribution in [0.1, 0.15) is 55.2 Å². The molecule has 2 atom stereocenters. The predicted octanol–water partition coefficient (Wildman–Crippen LogP) is 4.82. The Morgan fingerprint density at radius 1 is 1.08 bits per heavy atom. The van der Waals surface area contributed by atoms with Gasteiger partial charge in [-0.3, -0.25) is 0 Å². The fourth-order valence-corrected chi connectivity index (χ4v) is 5.91. The minimum absolute atomic E-state index is 0.343. The predicted molar refractivity (Wildman–Crippen MR) is 107 cm³/mol. The number of pyridine rings is 1. The van der Waals surface area contributed by atoms with E-state index in [4.69, 9.17) is 9.72 Å². The van der Waals surface area contributed by atoms with Gasteiger partial charge >= 0.3 is 0 Å². The number of fused-ring (bicyclic) bond motifs is 2. The normalized spacial score (nSPS) is 28.2. The van der Waals surface area contributed by atoms with Crippen LogP contribution in [0.5, 0.6) is 0 Å². The summed E-state index contributed by atoms with van der Waals surface area (Å²) in [5.74, 6) is 1.17. The maximum Gasteiger partial charge on any atom is 0.129 e. The fraction of sp³-hybridized carbons (Fsp3) is 0.609. The molecule has 5 rings (SSSR count). The lowest BCUT2D eigenvalue weighted by molar-refractivity contribution is 0.00217. The van der Waals surface area contributed by atoms with E-state index >= 15 is 0 Å². The number of aromatic nitrogens is 1. The number of hydrogen-bond acceptors (Lipinski definition) is 3. The summed E-state index contributed by atoms with van der Waals surface area (Å²) < 4.78 is 5.89. The van der Waals surface area contributed by atoms with Crippen molar-refractivity contribution in [1.29, 1.82) is 0 Å². The highest BCUT2D eigenvalue weighted by Gasteiger charge is 2.46. The molecule has 1 aromatic carbocycles. The number of nitrogens with zero attached hydrogens (tertiary/aromatic N) is 2. The third-order valence-corrected chi connectivity index (χ3v) is 7.26. The van der Waals surface area contributed by atoms with Crippen LogP contribution in [0.3, 0.4) is 0 Å². The fourth-order valence-electron chi connectivity index (χ4n) is 5.91. The van der Waals surface area contributed by atoms with Crippen molar-refractivity contribution in [2.45, 2.75) is 64.4 Å². The second-order valence-electron chi connectivity index (χ2n) is 8.79. The van der Waals surface area contributed by atoms with Crippen LogP contribution in [0.15, 0.2) is 18.2 Å². The maximum atomic E-state index is 5.89. The smallest absolute Gasteiger partial charge is 0.129 e. The average molecular weight is 351 g/mol. The van der Waals surface area contributed by atoms with E-state index in [2.05, 4.69) is 30.0 Å². The summed E-state index contributed by atoms with van der Waals surface area (Å²) in [4.78, 5) is 7.67. The highest BCUT2D eigenvalue weighted by atomic mass is 16.5. The van der Waals surface area contributed by atoms with Crippen molar-refractivity contribution in [2.75, 3.05) is 25.1 Å². The first kappa shape index (κ1) is 16.6. The molecule has 1 saturated carbocycles. The van der Waals surface area contributed by atoms with Crippen molar-refractivity contribution < 1.29 is 4.74 Å². The summed E-state index contributed by atoms with van der Waals surface area (Å²) >= 11 is 0. The van der Waals surface area contributed by atoms with Crippen LogP contribution >= 0.6 is 0 Å². The van der Waals surface area contributed by atoms with E-state index in [9.17, 15) is 0 Å². The molecule has 2 heterocycles. The molecule has 0 unspecified atom stereocenters. The zero-order valence-electron chi connectivity index (χ0n) is 16.2. The Morgan fingerprint density at radius 2 is 1.88 bits per heavy atom. The van der Waals surface area contributed by atoms with Crippen LogP contribution in [-0.2, 0) is 17.6 Å². The van der Waals surface area contributed by atoms with E-state index in [1.165, 1.54) is 79.2 Å². The molecule has 0 N–H and O–H groups in total. The van der Waals surface area contributed by atoms with Gasteiger partial charge in [-0.2, -0.15) is 0 Å². The first-order valence-electron chi connectivity index (χ1n) is 10.4. The molecule has 1 aromatic heterocycles. The molecule has 26 heavy (non-hydrogen) atoms. The van der Waals surface area contributed by atoms with Crippen LogP contribution < -0.4 is 4.90 Å². The first-order valence-corrected chi connectivity index (χ1v) is 10.4. The number of benzene rings is 1. The number of aryl methyl sites for hydroxylation is 3. The molecule has 2 aliphatic carbocycles. The highest BCUT2D eigenvalue weighted by molar-refractivity contribution is 5.85. The van der Waals surface area contributed by atoms with Gasteiger partial charge in [0.15, 0.2) is 0 Å². The van der Waals surface area contributed by atoms with Crippen molar-refractivity contribution in [2.24, 2.45) is 5.41 Å². The summed E-state index contributed by atoms with van der Waals surface area (Å²) in [6.45, 7) is 4.48. The zero-order chi connectivity index (χ0) is 17.7. The maximum absolute atomic E-state index is 5.89. The van der Waals surface area contributed by atoms with Crippen LogP contribution in [0.25, 0.3) is 10.9 Å². The zero-order valence-corrected chi connectivity index (χ0v) is 16.2. The molecule has 0 bridgehead atoms. The molecule has 1 spiro atoms. The van der Waals surface area contributed by atoms with Crippen molar-refractivity contribution in [1.82, 2.24) is 4.98 Å². The number of rotatable bonds is 2. The minimum atomic E-state index is 0.343. The second-order valence-corrected chi connectivity index (χ2v) is 8.79. The van der Waals surface area contributed by atoms with Crippen LogP contribution in [0.4, 0.5) is 5.82 Å². The lowest BCUT2D eigenvalue weighted by Crippen LogP contribution is -2.48. The van der Waals surface area contributed by atoms with E-state index in [0.717, 1.165) is 13.1 Å². The summed E-state index contributed by atoms with van der Waals surface area (Å²) in [5, 5.41) is 1.34. The van der Waals surface area contributed by atoms with Gasteiger partial charge in [-0.15, -0.1) is 0 Å². The SMILES string of the molecule is CO[C@@H]1CCC[C@]12CCCN(c1cc(C)c3cc4c(cc3n1)CCC4)C2. The number of hydrogen-bond donors (Lipinski definition) is 0. The van der Waals surface area contributed by atoms with Gasteiger partial charge in [0.1, 0.15) is 5.82 Å². The van der Waals surface area contributed by atoms with Crippen molar-refractivity contribution in [3.63, 3.8) is 0 Å².